The van der Waals surface area contributed by atoms with Crippen molar-refractivity contribution in [2.75, 3.05) is 51.8 Å². The van der Waals surface area contributed by atoms with E-state index in [1.807, 2.05) is 10.7 Å². The zero-order valence-electron chi connectivity index (χ0n) is 27.9. The lowest BCUT2D eigenvalue weighted by Gasteiger charge is -2.46. The van der Waals surface area contributed by atoms with E-state index in [0.717, 1.165) is 79.1 Å². The highest BCUT2D eigenvalue weighted by Gasteiger charge is 2.51. The number of anilines is 1. The number of carbonyl (C=O) groups is 1. The fraction of sp³-hybridized carbons (Fsp3) is 0.600. The highest BCUT2D eigenvalue weighted by atomic mass is 35.5. The number of nitrogens with zero attached hydrogens (tertiary/aromatic N) is 8. The minimum Gasteiger partial charge on any atom is -0.461 e. The molecule has 0 saturated carbocycles. The van der Waals surface area contributed by atoms with Gasteiger partial charge in [0.1, 0.15) is 24.4 Å². The number of carbonyl (C=O) groups excluding carboxylic acids is 1. The summed E-state index contributed by atoms with van der Waals surface area (Å²) in [5.74, 6) is 0.355. The van der Waals surface area contributed by atoms with E-state index in [1.54, 1.807) is 26.2 Å². The Balaban J connectivity index is 1.20. The molecule has 8 rings (SSSR count). The topological polar surface area (TPSA) is 82.9 Å². The van der Waals surface area contributed by atoms with Gasteiger partial charge in [-0.1, -0.05) is 30.7 Å². The van der Waals surface area contributed by atoms with E-state index >= 15 is 4.39 Å². The molecule has 48 heavy (non-hydrogen) atoms. The van der Waals surface area contributed by atoms with Crippen LogP contribution in [0.15, 0.2) is 18.2 Å². The molecule has 3 aromatic rings. The molecule has 2 aromatic heterocycles. The molecule has 10 nitrogen and oxygen atoms in total. The number of aryl methyl sites for hydroxylation is 2. The van der Waals surface area contributed by atoms with Crippen LogP contribution in [0, 0.1) is 5.82 Å². The van der Waals surface area contributed by atoms with Crippen LogP contribution in [0.4, 0.5) is 14.6 Å². The zero-order chi connectivity index (χ0) is 33.4. The molecular formula is C35H43ClF2N8O2. The normalized spacial score (nSPS) is 26.7. The first-order valence-electron chi connectivity index (χ1n) is 17.3. The molecule has 4 aliphatic heterocycles. The van der Waals surface area contributed by atoms with Crippen LogP contribution < -0.4 is 9.64 Å². The maximum absolute atomic E-state index is 15.7. The third kappa shape index (κ3) is 5.00. The standard InChI is InChI=1S/C35H43ClF2N8O2/c1-4-44-19-24-26(17-35(44)12-10-22-8-5-9-25(38)28(22)35)39-33(48-21-34-11-6-14-45(34)18-23(37)16-34)40-31(24)43-13-7-15-46-27(20-43)29(36)30(41-46)32(47)42(2)3/h5,8-9,23H,4,6-7,10-21H2,1-3H3/t23-,34+,35+/m1/s1. The van der Waals surface area contributed by atoms with Gasteiger partial charge in [-0.25, -0.2) is 8.78 Å². The van der Waals surface area contributed by atoms with Crippen molar-refractivity contribution in [2.45, 2.75) is 88.8 Å². The van der Waals surface area contributed by atoms with E-state index in [-0.39, 0.29) is 29.0 Å². The van der Waals surface area contributed by atoms with Gasteiger partial charge in [0.25, 0.3) is 5.91 Å². The fourth-order valence-corrected chi connectivity index (χ4v) is 9.47. The Bertz CT molecular complexity index is 1770. The second-order valence-electron chi connectivity index (χ2n) is 14.4. The number of halogens is 3. The summed E-state index contributed by atoms with van der Waals surface area (Å²) in [7, 11) is 3.38. The van der Waals surface area contributed by atoms with E-state index in [1.165, 1.54) is 4.90 Å². The smallest absolute Gasteiger partial charge is 0.318 e. The summed E-state index contributed by atoms with van der Waals surface area (Å²) in [6.07, 6.45) is 4.43. The van der Waals surface area contributed by atoms with Crippen molar-refractivity contribution in [1.29, 1.82) is 0 Å². The minimum atomic E-state index is -0.859. The molecule has 5 aliphatic rings. The molecule has 6 heterocycles. The molecule has 0 unspecified atom stereocenters. The lowest BCUT2D eigenvalue weighted by Crippen LogP contribution is -2.50. The first kappa shape index (κ1) is 31.9. The maximum Gasteiger partial charge on any atom is 0.318 e. The largest absolute Gasteiger partial charge is 0.461 e. The van der Waals surface area contributed by atoms with Crippen LogP contribution in [-0.2, 0) is 38.0 Å². The van der Waals surface area contributed by atoms with Gasteiger partial charge in [-0.15, -0.1) is 0 Å². The van der Waals surface area contributed by atoms with Crippen LogP contribution in [0.25, 0.3) is 0 Å². The lowest BCUT2D eigenvalue weighted by molar-refractivity contribution is 0.0639. The summed E-state index contributed by atoms with van der Waals surface area (Å²) in [6.45, 7) is 6.79. The molecule has 13 heteroatoms. The molecule has 2 fully saturated rings. The van der Waals surface area contributed by atoms with Gasteiger partial charge in [0.15, 0.2) is 5.69 Å². The van der Waals surface area contributed by atoms with Crippen LogP contribution in [0.3, 0.4) is 0 Å². The number of hydrogen-bond acceptors (Lipinski definition) is 8. The van der Waals surface area contributed by atoms with Crippen LogP contribution >= 0.6 is 11.6 Å². The Labute approximate surface area is 285 Å². The monoisotopic (exact) mass is 680 g/mol. The van der Waals surface area contributed by atoms with Crippen molar-refractivity contribution in [2.24, 2.45) is 0 Å². The van der Waals surface area contributed by atoms with E-state index < -0.39 is 11.7 Å². The third-order valence-electron chi connectivity index (χ3n) is 11.5. The number of likely N-dealkylation sites (N-methyl/N-ethyl adjacent to an activating group) is 1. The number of ether oxygens (including phenoxy) is 1. The molecule has 0 N–H and O–H groups in total. The van der Waals surface area contributed by atoms with Gasteiger partial charge >= 0.3 is 6.01 Å². The molecular weight excluding hydrogens is 638 g/mol. The highest BCUT2D eigenvalue weighted by Crippen LogP contribution is 2.50. The number of alkyl halides is 1. The van der Waals surface area contributed by atoms with Crippen LogP contribution in [-0.4, -0.2) is 98.9 Å². The van der Waals surface area contributed by atoms with Gasteiger partial charge in [-0.3, -0.25) is 19.3 Å². The summed E-state index contributed by atoms with van der Waals surface area (Å²) < 4.78 is 38.6. The predicted molar refractivity (Wildman–Crippen MR) is 178 cm³/mol. The van der Waals surface area contributed by atoms with Crippen LogP contribution in [0.5, 0.6) is 6.01 Å². The average Bonchev–Trinajstić information content (AvgIpc) is 3.75. The molecule has 3 atom stereocenters. The summed E-state index contributed by atoms with van der Waals surface area (Å²) in [6, 6.07) is 5.69. The fourth-order valence-electron chi connectivity index (χ4n) is 9.19. The number of benzene rings is 1. The SMILES string of the molecule is CCN1Cc2c(nc(OC[C@@]34CCCN3C[C@H](F)C4)nc2N2CCCn3nc(C(=O)N(C)C)c(Cl)c3C2)C[C@]12CCc1cccc(F)c12. The second kappa shape index (κ2) is 11.9. The van der Waals surface area contributed by atoms with E-state index in [9.17, 15) is 9.18 Å². The molecule has 0 radical (unpaired) electrons. The van der Waals surface area contributed by atoms with Crippen molar-refractivity contribution in [3.8, 4) is 6.01 Å². The molecule has 2 saturated heterocycles. The maximum atomic E-state index is 15.7. The van der Waals surface area contributed by atoms with E-state index in [0.29, 0.717) is 57.2 Å². The molecule has 0 bridgehead atoms. The number of rotatable bonds is 6. The van der Waals surface area contributed by atoms with Crippen molar-refractivity contribution in [1.82, 2.24) is 34.4 Å². The van der Waals surface area contributed by atoms with Crippen molar-refractivity contribution in [3.05, 3.63) is 62.8 Å². The number of fused-ring (bicyclic) bond motifs is 5. The minimum absolute atomic E-state index is 0.168. The van der Waals surface area contributed by atoms with E-state index in [4.69, 9.17) is 26.3 Å². The number of hydrogen-bond donors (Lipinski definition) is 0. The van der Waals surface area contributed by atoms with Gasteiger partial charge in [-0.05, 0) is 56.8 Å². The lowest BCUT2D eigenvalue weighted by atomic mass is 9.80. The third-order valence-corrected chi connectivity index (χ3v) is 11.9. The van der Waals surface area contributed by atoms with Gasteiger partial charge in [-0.2, -0.15) is 15.1 Å². The quantitative estimate of drug-likeness (QED) is 0.369. The van der Waals surface area contributed by atoms with Crippen molar-refractivity contribution < 1.29 is 18.3 Å². The molecule has 256 valence electrons. The Morgan fingerprint density at radius 1 is 1.15 bits per heavy atom. The summed E-state index contributed by atoms with van der Waals surface area (Å²) >= 11 is 6.86. The van der Waals surface area contributed by atoms with Crippen molar-refractivity contribution in [3.63, 3.8) is 0 Å². The summed E-state index contributed by atoms with van der Waals surface area (Å²) in [4.78, 5) is 31.4. The zero-order valence-corrected chi connectivity index (χ0v) is 28.7. The van der Waals surface area contributed by atoms with Gasteiger partial charge in [0.05, 0.1) is 34.0 Å². The second-order valence-corrected chi connectivity index (χ2v) is 14.8. The first-order chi connectivity index (χ1) is 23.1. The summed E-state index contributed by atoms with van der Waals surface area (Å²) in [5.41, 5.74) is 3.86. The average molecular weight is 681 g/mol. The molecule has 1 spiro atoms. The molecule has 1 aromatic carbocycles. The van der Waals surface area contributed by atoms with Gasteiger partial charge in [0.2, 0.25) is 0 Å². The Kier molecular flexibility index (Phi) is 7.91. The Morgan fingerprint density at radius 2 is 2.00 bits per heavy atom. The van der Waals surface area contributed by atoms with Crippen molar-refractivity contribution >= 4 is 23.3 Å². The molecule has 1 amide bonds. The van der Waals surface area contributed by atoms with Gasteiger partial charge < -0.3 is 14.5 Å². The Hall–Kier alpha value is -3.35. The highest BCUT2D eigenvalue weighted by molar-refractivity contribution is 6.34. The van der Waals surface area contributed by atoms with Gasteiger partial charge in [0, 0.05) is 64.2 Å². The Morgan fingerprint density at radius 3 is 2.81 bits per heavy atom. The van der Waals surface area contributed by atoms with Crippen LogP contribution in [0.1, 0.15) is 77.6 Å². The van der Waals surface area contributed by atoms with Crippen LogP contribution in [0.2, 0.25) is 5.02 Å². The molecule has 1 aliphatic carbocycles. The predicted octanol–water partition coefficient (Wildman–Crippen LogP) is 4.75. The number of amides is 1. The number of aromatic nitrogens is 4. The first-order valence-corrected chi connectivity index (χ1v) is 17.7. The summed E-state index contributed by atoms with van der Waals surface area (Å²) in [5, 5.41) is 4.96. The van der Waals surface area contributed by atoms with E-state index in [2.05, 4.69) is 26.7 Å².